The van der Waals surface area contributed by atoms with E-state index >= 15 is 0 Å². The Balaban J connectivity index is 1.69. The van der Waals surface area contributed by atoms with Crippen LogP contribution in [0.1, 0.15) is 10.6 Å². The van der Waals surface area contributed by atoms with Gasteiger partial charge in [0.1, 0.15) is 0 Å². The van der Waals surface area contributed by atoms with Crippen molar-refractivity contribution in [2.24, 2.45) is 7.05 Å². The van der Waals surface area contributed by atoms with Crippen LogP contribution in [0.3, 0.4) is 0 Å². The van der Waals surface area contributed by atoms with Crippen molar-refractivity contribution in [3.63, 3.8) is 0 Å². The van der Waals surface area contributed by atoms with Gasteiger partial charge in [0.2, 0.25) is 0 Å². The molecule has 0 saturated carbocycles. The molecule has 2 aromatic heterocycles. The molecule has 0 spiro atoms. The maximum Gasteiger partial charge on any atom is 0.0637 e. The molecule has 2 aromatic rings. The van der Waals surface area contributed by atoms with Crippen LogP contribution in [0.5, 0.6) is 0 Å². The Labute approximate surface area is 104 Å². The molecule has 86 valence electrons. The molecule has 0 aliphatic carbocycles. The zero-order valence-corrected chi connectivity index (χ0v) is 10.7. The minimum absolute atomic E-state index is 0.825. The van der Waals surface area contributed by atoms with Crippen molar-refractivity contribution in [2.45, 2.75) is 13.0 Å². The molecule has 2 rings (SSSR count). The second kappa shape index (κ2) is 5.48. The first-order valence-corrected chi connectivity index (χ1v) is 6.42. The van der Waals surface area contributed by atoms with E-state index in [4.69, 9.17) is 11.6 Å². The summed E-state index contributed by atoms with van der Waals surface area (Å²) in [5.74, 6) is 0. The molecule has 0 amide bonds. The smallest absolute Gasteiger partial charge is 0.0637 e. The largest absolute Gasteiger partial charge is 0.311 e. The summed E-state index contributed by atoms with van der Waals surface area (Å²) in [5.41, 5.74) is 1.12. The normalized spacial score (nSPS) is 10.9. The molecular formula is C11H14ClN3S. The van der Waals surface area contributed by atoms with Crippen molar-refractivity contribution >= 4 is 22.9 Å². The van der Waals surface area contributed by atoms with Gasteiger partial charge in [0.15, 0.2) is 0 Å². The van der Waals surface area contributed by atoms with Gasteiger partial charge in [0.25, 0.3) is 0 Å². The molecule has 0 atom stereocenters. The number of nitrogens with one attached hydrogen (secondary N) is 1. The SMILES string of the molecule is Cn1ccc(CCNCc2cc(Cl)cs2)n1. The monoisotopic (exact) mass is 255 g/mol. The van der Waals surface area contributed by atoms with Crippen LogP contribution in [0.15, 0.2) is 23.7 Å². The van der Waals surface area contributed by atoms with E-state index in [1.807, 2.05) is 35.4 Å². The van der Waals surface area contributed by atoms with Gasteiger partial charge in [-0.1, -0.05) is 11.6 Å². The summed E-state index contributed by atoms with van der Waals surface area (Å²) in [6.45, 7) is 1.82. The third-order valence-electron chi connectivity index (χ3n) is 2.25. The molecule has 2 heterocycles. The first kappa shape index (κ1) is 11.6. The van der Waals surface area contributed by atoms with Crippen molar-refractivity contribution in [3.8, 4) is 0 Å². The predicted octanol–water partition coefficient (Wildman–Crippen LogP) is 2.47. The number of rotatable bonds is 5. The lowest BCUT2D eigenvalue weighted by Gasteiger charge is -2.00. The molecule has 0 aromatic carbocycles. The molecule has 1 N–H and O–H groups in total. The van der Waals surface area contributed by atoms with Crippen LogP contribution >= 0.6 is 22.9 Å². The highest BCUT2D eigenvalue weighted by molar-refractivity contribution is 7.10. The molecule has 0 bridgehead atoms. The van der Waals surface area contributed by atoms with Crippen LogP contribution in [0.2, 0.25) is 5.02 Å². The van der Waals surface area contributed by atoms with Gasteiger partial charge >= 0.3 is 0 Å². The Bertz CT molecular complexity index is 407. The Morgan fingerprint density at radius 2 is 2.44 bits per heavy atom. The highest BCUT2D eigenvalue weighted by atomic mass is 35.5. The fourth-order valence-electron chi connectivity index (χ4n) is 1.47. The Morgan fingerprint density at radius 1 is 1.56 bits per heavy atom. The Kier molecular flexibility index (Phi) is 3.98. The number of aromatic nitrogens is 2. The number of hydrogen-bond acceptors (Lipinski definition) is 3. The zero-order chi connectivity index (χ0) is 11.4. The van der Waals surface area contributed by atoms with Crippen LogP contribution in [-0.2, 0) is 20.0 Å². The fourth-order valence-corrected chi connectivity index (χ4v) is 2.51. The summed E-state index contributed by atoms with van der Waals surface area (Å²) in [6, 6.07) is 4.05. The average molecular weight is 256 g/mol. The maximum absolute atomic E-state index is 5.84. The summed E-state index contributed by atoms with van der Waals surface area (Å²) in [7, 11) is 1.94. The molecule has 3 nitrogen and oxygen atoms in total. The highest BCUT2D eigenvalue weighted by Gasteiger charge is 1.99. The number of hydrogen-bond donors (Lipinski definition) is 1. The van der Waals surface area contributed by atoms with Crippen LogP contribution in [0.25, 0.3) is 0 Å². The van der Waals surface area contributed by atoms with E-state index in [-0.39, 0.29) is 0 Å². The molecular weight excluding hydrogens is 242 g/mol. The second-order valence-electron chi connectivity index (χ2n) is 3.64. The Hall–Kier alpha value is -0.840. The molecule has 0 aliphatic heterocycles. The minimum atomic E-state index is 0.825. The van der Waals surface area contributed by atoms with Crippen molar-refractivity contribution in [2.75, 3.05) is 6.54 Å². The lowest BCUT2D eigenvalue weighted by Crippen LogP contribution is -2.16. The predicted molar refractivity (Wildman–Crippen MR) is 67.9 cm³/mol. The third-order valence-corrected chi connectivity index (χ3v) is 3.53. The van der Waals surface area contributed by atoms with E-state index in [0.717, 1.165) is 30.2 Å². The number of aryl methyl sites for hydroxylation is 1. The molecule has 0 unspecified atom stereocenters. The van der Waals surface area contributed by atoms with E-state index in [2.05, 4.69) is 10.4 Å². The van der Waals surface area contributed by atoms with Gasteiger partial charge in [-0.15, -0.1) is 11.3 Å². The van der Waals surface area contributed by atoms with Crippen LogP contribution in [0.4, 0.5) is 0 Å². The van der Waals surface area contributed by atoms with E-state index in [1.54, 1.807) is 11.3 Å². The lowest BCUT2D eigenvalue weighted by molar-refractivity contribution is 0.670. The topological polar surface area (TPSA) is 29.9 Å². The van der Waals surface area contributed by atoms with Crippen molar-refractivity contribution in [3.05, 3.63) is 39.3 Å². The average Bonchev–Trinajstić information content (AvgIpc) is 2.83. The van der Waals surface area contributed by atoms with E-state index in [0.29, 0.717) is 0 Å². The second-order valence-corrected chi connectivity index (χ2v) is 5.07. The third kappa shape index (κ3) is 3.33. The first-order valence-electron chi connectivity index (χ1n) is 5.16. The van der Waals surface area contributed by atoms with E-state index in [1.165, 1.54) is 4.88 Å². The molecule has 0 radical (unpaired) electrons. The van der Waals surface area contributed by atoms with Crippen LogP contribution in [-0.4, -0.2) is 16.3 Å². The standard InChI is InChI=1S/C11H14ClN3S/c1-15-5-3-10(14-15)2-4-13-7-11-6-9(12)8-16-11/h3,5-6,8,13H,2,4,7H2,1H3. The Morgan fingerprint density at radius 3 is 3.06 bits per heavy atom. The quantitative estimate of drug-likeness (QED) is 0.832. The van der Waals surface area contributed by atoms with Gasteiger partial charge in [-0.25, -0.2) is 0 Å². The van der Waals surface area contributed by atoms with Crippen molar-refractivity contribution in [1.82, 2.24) is 15.1 Å². The van der Waals surface area contributed by atoms with Crippen LogP contribution in [0, 0.1) is 0 Å². The summed E-state index contributed by atoms with van der Waals surface area (Å²) in [4.78, 5) is 1.27. The van der Waals surface area contributed by atoms with Gasteiger partial charge in [-0.3, -0.25) is 4.68 Å². The maximum atomic E-state index is 5.84. The molecule has 0 fully saturated rings. The van der Waals surface area contributed by atoms with Gasteiger partial charge in [0.05, 0.1) is 10.7 Å². The van der Waals surface area contributed by atoms with Crippen LogP contribution < -0.4 is 5.32 Å². The summed E-state index contributed by atoms with van der Waals surface area (Å²) < 4.78 is 1.83. The fraction of sp³-hybridized carbons (Fsp3) is 0.364. The summed E-state index contributed by atoms with van der Waals surface area (Å²) in [6.07, 6.45) is 2.92. The number of nitrogens with zero attached hydrogens (tertiary/aromatic N) is 2. The van der Waals surface area contributed by atoms with Gasteiger partial charge in [0, 0.05) is 43.0 Å². The summed E-state index contributed by atoms with van der Waals surface area (Å²) in [5, 5.41) is 10.5. The molecule has 16 heavy (non-hydrogen) atoms. The summed E-state index contributed by atoms with van der Waals surface area (Å²) >= 11 is 7.53. The number of thiophene rings is 1. The zero-order valence-electron chi connectivity index (χ0n) is 9.11. The first-order chi connectivity index (χ1) is 7.74. The van der Waals surface area contributed by atoms with Crippen molar-refractivity contribution < 1.29 is 0 Å². The van der Waals surface area contributed by atoms with Crippen molar-refractivity contribution in [1.29, 1.82) is 0 Å². The molecule has 5 heteroatoms. The lowest BCUT2D eigenvalue weighted by atomic mass is 10.3. The highest BCUT2D eigenvalue weighted by Crippen LogP contribution is 2.18. The van der Waals surface area contributed by atoms with Gasteiger partial charge < -0.3 is 5.32 Å². The van der Waals surface area contributed by atoms with E-state index < -0.39 is 0 Å². The number of halogens is 1. The van der Waals surface area contributed by atoms with E-state index in [9.17, 15) is 0 Å². The van der Waals surface area contributed by atoms with Gasteiger partial charge in [-0.05, 0) is 12.1 Å². The minimum Gasteiger partial charge on any atom is -0.311 e. The molecule has 0 saturated heterocycles. The molecule has 0 aliphatic rings. The van der Waals surface area contributed by atoms with Gasteiger partial charge in [-0.2, -0.15) is 5.10 Å².